The molecule has 0 radical (unpaired) electrons. The van der Waals surface area contributed by atoms with E-state index in [1.165, 1.54) is 0 Å². The van der Waals surface area contributed by atoms with Crippen LogP contribution in [0.4, 0.5) is 0 Å². The summed E-state index contributed by atoms with van der Waals surface area (Å²) in [6, 6.07) is 7.56. The lowest BCUT2D eigenvalue weighted by Gasteiger charge is -2.21. The van der Waals surface area contributed by atoms with E-state index in [1.807, 2.05) is 30.5 Å². The van der Waals surface area contributed by atoms with Crippen molar-refractivity contribution >= 4 is 5.91 Å². The highest BCUT2D eigenvalue weighted by Crippen LogP contribution is 2.37. The number of hydrogen-bond acceptors (Lipinski definition) is 4. The van der Waals surface area contributed by atoms with Crippen LogP contribution in [0.15, 0.2) is 36.7 Å². The van der Waals surface area contributed by atoms with Crippen molar-refractivity contribution in [3.63, 3.8) is 0 Å². The maximum atomic E-state index is 12.3. The summed E-state index contributed by atoms with van der Waals surface area (Å²) in [5.74, 6) is 0.654. The molecule has 1 saturated heterocycles. The first kappa shape index (κ1) is 14.2. The fourth-order valence-corrected chi connectivity index (χ4v) is 3.08. The molecule has 1 aromatic heterocycles. The molecule has 0 saturated carbocycles. The predicted molar refractivity (Wildman–Crippen MR) is 85.3 cm³/mol. The number of amides is 1. The normalized spacial score (nSPS) is 18.7. The van der Waals surface area contributed by atoms with Gasteiger partial charge in [-0.1, -0.05) is 0 Å². The molecule has 2 aromatic rings. The number of nitrogens with zero attached hydrogens (tertiary/aromatic N) is 1. The monoisotopic (exact) mass is 310 g/mol. The minimum Gasteiger partial charge on any atom is -0.488 e. The molecule has 5 heteroatoms. The molecular weight excluding hydrogens is 292 g/mol. The summed E-state index contributed by atoms with van der Waals surface area (Å²) in [6.45, 7) is 1.84. The van der Waals surface area contributed by atoms with Gasteiger partial charge >= 0.3 is 0 Å². The van der Waals surface area contributed by atoms with E-state index in [0.717, 1.165) is 41.9 Å². The second kappa shape index (κ2) is 6.01. The Kier molecular flexibility index (Phi) is 3.71. The SMILES string of the molecule is O=C(NCC1CCCO1)c1ccc2c(c1)OCc1cnccc1-2. The molecule has 5 nitrogen and oxygen atoms in total. The molecule has 0 aliphatic carbocycles. The number of pyridine rings is 1. The van der Waals surface area contributed by atoms with Crippen LogP contribution in [0, 0.1) is 0 Å². The third kappa shape index (κ3) is 2.80. The average Bonchev–Trinajstić information content (AvgIpc) is 3.12. The smallest absolute Gasteiger partial charge is 0.251 e. The molecular formula is C18H18N2O3. The van der Waals surface area contributed by atoms with E-state index in [4.69, 9.17) is 9.47 Å². The second-order valence-corrected chi connectivity index (χ2v) is 5.88. The summed E-state index contributed by atoms with van der Waals surface area (Å²) in [5, 5.41) is 2.94. The number of aromatic nitrogens is 1. The van der Waals surface area contributed by atoms with E-state index >= 15 is 0 Å². The highest BCUT2D eigenvalue weighted by molar-refractivity contribution is 5.95. The molecule has 1 amide bonds. The van der Waals surface area contributed by atoms with E-state index in [0.29, 0.717) is 18.7 Å². The van der Waals surface area contributed by atoms with Gasteiger partial charge in [0.2, 0.25) is 0 Å². The summed E-state index contributed by atoms with van der Waals surface area (Å²) in [4.78, 5) is 16.4. The van der Waals surface area contributed by atoms with Gasteiger partial charge < -0.3 is 14.8 Å². The van der Waals surface area contributed by atoms with Gasteiger partial charge in [0.15, 0.2) is 0 Å². The van der Waals surface area contributed by atoms with E-state index in [2.05, 4.69) is 10.3 Å². The van der Waals surface area contributed by atoms with Crippen molar-refractivity contribution in [3.8, 4) is 16.9 Å². The third-order valence-electron chi connectivity index (χ3n) is 4.34. The van der Waals surface area contributed by atoms with Crippen LogP contribution in [-0.2, 0) is 11.3 Å². The highest BCUT2D eigenvalue weighted by atomic mass is 16.5. The molecule has 23 heavy (non-hydrogen) atoms. The molecule has 1 unspecified atom stereocenters. The number of fused-ring (bicyclic) bond motifs is 3. The number of benzene rings is 1. The summed E-state index contributed by atoms with van der Waals surface area (Å²) in [5.41, 5.74) is 3.80. The van der Waals surface area contributed by atoms with Crippen LogP contribution in [0.3, 0.4) is 0 Å². The van der Waals surface area contributed by atoms with Crippen LogP contribution in [0.2, 0.25) is 0 Å². The van der Waals surface area contributed by atoms with Crippen LogP contribution < -0.4 is 10.1 Å². The van der Waals surface area contributed by atoms with E-state index in [1.54, 1.807) is 6.20 Å². The van der Waals surface area contributed by atoms with Crippen molar-refractivity contribution in [3.05, 3.63) is 47.8 Å². The lowest BCUT2D eigenvalue weighted by molar-refractivity contribution is 0.0857. The molecule has 3 heterocycles. The standard InChI is InChI=1S/C18H18N2O3/c21-18(20-10-14-2-1-7-22-14)12-3-4-16-15-5-6-19-9-13(15)11-23-17(16)8-12/h3-6,8-9,14H,1-2,7,10-11H2,(H,20,21). The molecule has 1 atom stereocenters. The largest absolute Gasteiger partial charge is 0.488 e. The fourth-order valence-electron chi connectivity index (χ4n) is 3.08. The Morgan fingerprint density at radius 1 is 1.30 bits per heavy atom. The van der Waals surface area contributed by atoms with Crippen molar-refractivity contribution < 1.29 is 14.3 Å². The molecule has 118 valence electrons. The van der Waals surface area contributed by atoms with Crippen molar-refractivity contribution in [1.82, 2.24) is 10.3 Å². The second-order valence-electron chi connectivity index (χ2n) is 5.88. The average molecular weight is 310 g/mol. The first-order valence-corrected chi connectivity index (χ1v) is 7.91. The van der Waals surface area contributed by atoms with E-state index in [-0.39, 0.29) is 12.0 Å². The Morgan fingerprint density at radius 2 is 2.26 bits per heavy atom. The highest BCUT2D eigenvalue weighted by Gasteiger charge is 2.20. The summed E-state index contributed by atoms with van der Waals surface area (Å²) >= 11 is 0. The van der Waals surface area contributed by atoms with E-state index < -0.39 is 0 Å². The zero-order valence-corrected chi connectivity index (χ0v) is 12.7. The molecule has 0 bridgehead atoms. The van der Waals surface area contributed by atoms with Gasteiger partial charge in [-0.3, -0.25) is 9.78 Å². The molecule has 4 rings (SSSR count). The first-order valence-electron chi connectivity index (χ1n) is 7.91. The molecule has 2 aliphatic heterocycles. The molecule has 0 spiro atoms. The van der Waals surface area contributed by atoms with Gasteiger partial charge in [-0.15, -0.1) is 0 Å². The van der Waals surface area contributed by atoms with Crippen molar-refractivity contribution in [1.29, 1.82) is 0 Å². The topological polar surface area (TPSA) is 60.5 Å². The molecule has 1 aromatic carbocycles. The van der Waals surface area contributed by atoms with Crippen LogP contribution in [0.1, 0.15) is 28.8 Å². The van der Waals surface area contributed by atoms with Crippen LogP contribution in [0.5, 0.6) is 5.75 Å². The van der Waals surface area contributed by atoms with E-state index in [9.17, 15) is 4.79 Å². The molecule has 1 fully saturated rings. The van der Waals surface area contributed by atoms with Crippen LogP contribution in [0.25, 0.3) is 11.1 Å². The number of hydrogen-bond donors (Lipinski definition) is 1. The fraction of sp³-hybridized carbons (Fsp3) is 0.333. The van der Waals surface area contributed by atoms with Gasteiger partial charge in [0.25, 0.3) is 5.91 Å². The Hall–Kier alpha value is -2.40. The number of nitrogens with one attached hydrogen (secondary N) is 1. The molecule has 2 aliphatic rings. The van der Waals surface area contributed by atoms with Gasteiger partial charge in [0.1, 0.15) is 12.4 Å². The van der Waals surface area contributed by atoms with Gasteiger partial charge in [-0.2, -0.15) is 0 Å². The zero-order valence-electron chi connectivity index (χ0n) is 12.7. The quantitative estimate of drug-likeness (QED) is 0.946. The number of carbonyl (C=O) groups is 1. The Labute approximate surface area is 134 Å². The number of carbonyl (C=O) groups excluding carboxylic acids is 1. The third-order valence-corrected chi connectivity index (χ3v) is 4.34. The van der Waals surface area contributed by atoms with Crippen LogP contribution in [-0.4, -0.2) is 30.1 Å². The number of ether oxygens (including phenoxy) is 2. The van der Waals surface area contributed by atoms with Crippen LogP contribution >= 0.6 is 0 Å². The summed E-state index contributed by atoms with van der Waals surface area (Å²) in [7, 11) is 0. The van der Waals surface area contributed by atoms with Crippen molar-refractivity contribution in [2.75, 3.05) is 13.2 Å². The lowest BCUT2D eigenvalue weighted by Crippen LogP contribution is -2.31. The zero-order chi connectivity index (χ0) is 15.6. The Balaban J connectivity index is 1.52. The molecule has 1 N–H and O–H groups in total. The predicted octanol–water partition coefficient (Wildman–Crippen LogP) is 2.55. The van der Waals surface area contributed by atoms with Gasteiger partial charge in [-0.25, -0.2) is 0 Å². The minimum absolute atomic E-state index is 0.0903. The van der Waals surface area contributed by atoms with Crippen molar-refractivity contribution in [2.24, 2.45) is 0 Å². The maximum Gasteiger partial charge on any atom is 0.251 e. The summed E-state index contributed by atoms with van der Waals surface area (Å²) in [6.07, 6.45) is 5.82. The Bertz CT molecular complexity index is 739. The van der Waals surface area contributed by atoms with Crippen molar-refractivity contribution in [2.45, 2.75) is 25.6 Å². The maximum absolute atomic E-state index is 12.3. The minimum atomic E-state index is -0.0903. The van der Waals surface area contributed by atoms with Gasteiger partial charge in [0.05, 0.1) is 6.10 Å². The Morgan fingerprint density at radius 3 is 3.13 bits per heavy atom. The van der Waals surface area contributed by atoms with Gasteiger partial charge in [-0.05, 0) is 42.7 Å². The first-order chi connectivity index (χ1) is 11.3. The number of rotatable bonds is 3. The summed E-state index contributed by atoms with van der Waals surface area (Å²) < 4.78 is 11.3. The lowest BCUT2D eigenvalue weighted by atomic mass is 9.97. The van der Waals surface area contributed by atoms with Gasteiger partial charge in [0, 0.05) is 42.2 Å².